The van der Waals surface area contributed by atoms with E-state index in [1.807, 2.05) is 0 Å². The fraction of sp³-hybridized carbons (Fsp3) is 0.0909. The van der Waals surface area contributed by atoms with Gasteiger partial charge in [-0.15, -0.1) is 5.10 Å². The minimum absolute atomic E-state index is 0.219. The fourth-order valence-electron chi connectivity index (χ4n) is 1.36. The maximum atomic E-state index is 11.7. The molecule has 7 heteroatoms. The Hall–Kier alpha value is -2.70. The van der Waals surface area contributed by atoms with Crippen LogP contribution in [0.5, 0.6) is 0 Å². The van der Waals surface area contributed by atoms with Gasteiger partial charge in [-0.3, -0.25) is 9.59 Å². The van der Waals surface area contributed by atoms with E-state index in [2.05, 4.69) is 15.5 Å². The standard InChI is InChI=1S/C11H11N5O2/c1-16-13-6-9(15-16)11(18)14-8-4-2-7(3-5-8)10(12)17/h2-6H,1H3,(H2,12,17)(H,14,18). The van der Waals surface area contributed by atoms with E-state index in [0.29, 0.717) is 11.3 Å². The van der Waals surface area contributed by atoms with Crippen LogP contribution in [0.1, 0.15) is 20.8 Å². The fourth-order valence-corrected chi connectivity index (χ4v) is 1.36. The Bertz CT molecular complexity index is 588. The highest BCUT2D eigenvalue weighted by molar-refractivity contribution is 6.03. The van der Waals surface area contributed by atoms with Crippen LogP contribution in [0, 0.1) is 0 Å². The Balaban J connectivity index is 2.10. The molecule has 2 aromatic rings. The normalized spacial score (nSPS) is 10.1. The SMILES string of the molecule is Cn1ncc(C(=O)Nc2ccc(C(N)=O)cc2)n1. The maximum Gasteiger partial charge on any atom is 0.277 e. The molecular formula is C11H11N5O2. The lowest BCUT2D eigenvalue weighted by molar-refractivity contribution is 0.0997. The average molecular weight is 245 g/mol. The Morgan fingerprint density at radius 3 is 2.44 bits per heavy atom. The minimum atomic E-state index is -0.512. The van der Waals surface area contributed by atoms with Gasteiger partial charge in [-0.2, -0.15) is 9.90 Å². The number of rotatable bonds is 3. The number of hydrogen-bond donors (Lipinski definition) is 2. The highest BCUT2D eigenvalue weighted by Crippen LogP contribution is 2.10. The van der Waals surface area contributed by atoms with Crippen molar-refractivity contribution in [3.8, 4) is 0 Å². The third-order valence-corrected chi connectivity index (χ3v) is 2.26. The van der Waals surface area contributed by atoms with Crippen LogP contribution in [0.25, 0.3) is 0 Å². The van der Waals surface area contributed by atoms with Gasteiger partial charge in [0.25, 0.3) is 5.91 Å². The molecule has 0 bridgehead atoms. The first-order chi connectivity index (χ1) is 8.56. The molecule has 0 atom stereocenters. The van der Waals surface area contributed by atoms with E-state index >= 15 is 0 Å². The van der Waals surface area contributed by atoms with Gasteiger partial charge in [0.15, 0.2) is 5.69 Å². The van der Waals surface area contributed by atoms with Gasteiger partial charge in [0.05, 0.1) is 6.20 Å². The molecule has 1 aromatic heterocycles. The molecule has 0 unspecified atom stereocenters. The Morgan fingerprint density at radius 2 is 1.94 bits per heavy atom. The summed E-state index contributed by atoms with van der Waals surface area (Å²) in [5.41, 5.74) is 6.26. The topological polar surface area (TPSA) is 103 Å². The number of nitrogens with zero attached hydrogens (tertiary/aromatic N) is 3. The third kappa shape index (κ3) is 2.51. The molecule has 1 heterocycles. The lowest BCUT2D eigenvalue weighted by atomic mass is 10.2. The lowest BCUT2D eigenvalue weighted by Gasteiger charge is -2.03. The molecule has 3 N–H and O–H groups in total. The molecule has 7 nitrogen and oxygen atoms in total. The first-order valence-corrected chi connectivity index (χ1v) is 5.14. The van der Waals surface area contributed by atoms with Gasteiger partial charge in [0.2, 0.25) is 5.91 Å². The monoisotopic (exact) mass is 245 g/mol. The van der Waals surface area contributed by atoms with Gasteiger partial charge in [-0.1, -0.05) is 0 Å². The van der Waals surface area contributed by atoms with E-state index in [0.717, 1.165) is 0 Å². The molecule has 0 aliphatic heterocycles. The minimum Gasteiger partial charge on any atom is -0.366 e. The number of carbonyl (C=O) groups excluding carboxylic acids is 2. The third-order valence-electron chi connectivity index (χ3n) is 2.26. The van der Waals surface area contributed by atoms with Crippen molar-refractivity contribution in [3.05, 3.63) is 41.7 Å². The zero-order valence-electron chi connectivity index (χ0n) is 9.62. The number of amides is 2. The quantitative estimate of drug-likeness (QED) is 0.804. The molecule has 0 saturated carbocycles. The molecule has 0 aliphatic rings. The van der Waals surface area contributed by atoms with Crippen LogP contribution >= 0.6 is 0 Å². The Kier molecular flexibility index (Phi) is 3.05. The van der Waals surface area contributed by atoms with Gasteiger partial charge in [0, 0.05) is 18.3 Å². The van der Waals surface area contributed by atoms with E-state index in [1.165, 1.54) is 23.1 Å². The summed E-state index contributed by atoms with van der Waals surface area (Å²) in [6.07, 6.45) is 1.37. The second-order valence-electron chi connectivity index (χ2n) is 3.61. The summed E-state index contributed by atoms with van der Waals surface area (Å²) >= 11 is 0. The molecule has 0 radical (unpaired) electrons. The summed E-state index contributed by atoms with van der Waals surface area (Å²) < 4.78 is 0. The van der Waals surface area contributed by atoms with Crippen molar-refractivity contribution in [1.29, 1.82) is 0 Å². The number of hydrogen-bond acceptors (Lipinski definition) is 4. The molecule has 92 valence electrons. The van der Waals surface area contributed by atoms with Crippen molar-refractivity contribution < 1.29 is 9.59 Å². The van der Waals surface area contributed by atoms with Crippen LogP contribution in [0.15, 0.2) is 30.5 Å². The lowest BCUT2D eigenvalue weighted by Crippen LogP contribution is -2.14. The summed E-state index contributed by atoms with van der Waals surface area (Å²) in [4.78, 5) is 23.9. The predicted octanol–water partition coefficient (Wildman–Crippen LogP) is 0.166. The number of primary amides is 1. The highest BCUT2D eigenvalue weighted by Gasteiger charge is 2.10. The highest BCUT2D eigenvalue weighted by atomic mass is 16.2. The van der Waals surface area contributed by atoms with Crippen LogP contribution in [0.4, 0.5) is 5.69 Å². The first kappa shape index (κ1) is 11.8. The van der Waals surface area contributed by atoms with Gasteiger partial charge in [-0.25, -0.2) is 0 Å². The zero-order chi connectivity index (χ0) is 13.1. The van der Waals surface area contributed by atoms with Crippen molar-refractivity contribution in [3.63, 3.8) is 0 Å². The van der Waals surface area contributed by atoms with Crippen LogP contribution in [-0.4, -0.2) is 26.8 Å². The number of aromatic nitrogens is 3. The van der Waals surface area contributed by atoms with Crippen LogP contribution in [-0.2, 0) is 7.05 Å². The van der Waals surface area contributed by atoms with E-state index < -0.39 is 5.91 Å². The summed E-state index contributed by atoms with van der Waals surface area (Å²) in [6, 6.07) is 6.26. The molecule has 2 amide bonds. The Morgan fingerprint density at radius 1 is 1.28 bits per heavy atom. The number of carbonyl (C=O) groups is 2. The summed E-state index contributed by atoms with van der Waals surface area (Å²) in [5, 5.41) is 10.3. The van der Waals surface area contributed by atoms with Gasteiger partial charge >= 0.3 is 0 Å². The summed E-state index contributed by atoms with van der Waals surface area (Å²) in [7, 11) is 1.62. The molecule has 1 aromatic carbocycles. The van der Waals surface area contributed by atoms with Crippen LogP contribution < -0.4 is 11.1 Å². The number of benzene rings is 1. The molecule has 2 rings (SSSR count). The van der Waals surface area contributed by atoms with Crippen molar-refractivity contribution in [1.82, 2.24) is 15.0 Å². The number of aryl methyl sites for hydroxylation is 1. The van der Waals surface area contributed by atoms with E-state index in [4.69, 9.17) is 5.73 Å². The van der Waals surface area contributed by atoms with Gasteiger partial charge in [-0.05, 0) is 24.3 Å². The number of nitrogens with two attached hydrogens (primary N) is 1. The average Bonchev–Trinajstić information content (AvgIpc) is 2.76. The predicted molar refractivity (Wildman–Crippen MR) is 63.9 cm³/mol. The molecule has 0 spiro atoms. The van der Waals surface area contributed by atoms with Crippen molar-refractivity contribution in [2.45, 2.75) is 0 Å². The van der Waals surface area contributed by atoms with Crippen molar-refractivity contribution in [2.75, 3.05) is 5.32 Å². The van der Waals surface area contributed by atoms with E-state index in [1.54, 1.807) is 19.2 Å². The zero-order valence-corrected chi connectivity index (χ0v) is 9.62. The summed E-state index contributed by atoms with van der Waals surface area (Å²) in [6.45, 7) is 0. The molecular weight excluding hydrogens is 234 g/mol. The largest absolute Gasteiger partial charge is 0.366 e. The number of nitrogens with one attached hydrogen (secondary N) is 1. The van der Waals surface area contributed by atoms with Crippen molar-refractivity contribution >= 4 is 17.5 Å². The molecule has 0 fully saturated rings. The maximum absolute atomic E-state index is 11.7. The van der Waals surface area contributed by atoms with E-state index in [-0.39, 0.29) is 11.6 Å². The van der Waals surface area contributed by atoms with Gasteiger partial charge < -0.3 is 11.1 Å². The molecule has 0 aliphatic carbocycles. The van der Waals surface area contributed by atoms with Crippen LogP contribution in [0.2, 0.25) is 0 Å². The second kappa shape index (κ2) is 4.66. The first-order valence-electron chi connectivity index (χ1n) is 5.14. The second-order valence-corrected chi connectivity index (χ2v) is 3.61. The van der Waals surface area contributed by atoms with Gasteiger partial charge in [0.1, 0.15) is 0 Å². The molecule has 18 heavy (non-hydrogen) atoms. The van der Waals surface area contributed by atoms with E-state index in [9.17, 15) is 9.59 Å². The van der Waals surface area contributed by atoms with Crippen LogP contribution in [0.3, 0.4) is 0 Å². The van der Waals surface area contributed by atoms with Crippen molar-refractivity contribution in [2.24, 2.45) is 12.8 Å². The Labute approximate surface area is 103 Å². The summed E-state index contributed by atoms with van der Waals surface area (Å²) in [5.74, 6) is -0.878. The smallest absolute Gasteiger partial charge is 0.277 e. The number of anilines is 1. The molecule has 0 saturated heterocycles.